The Balaban J connectivity index is 1.30. The van der Waals surface area contributed by atoms with Crippen molar-refractivity contribution < 1.29 is 13.6 Å². The highest BCUT2D eigenvalue weighted by Crippen LogP contribution is 2.33. The lowest BCUT2D eigenvalue weighted by molar-refractivity contribution is -0.120. The molecule has 1 fully saturated rings. The highest BCUT2D eigenvalue weighted by molar-refractivity contribution is 7.21. The van der Waals surface area contributed by atoms with Crippen LogP contribution in [0.2, 0.25) is 0 Å². The number of halogens is 2. The van der Waals surface area contributed by atoms with Gasteiger partial charge in [0.2, 0.25) is 5.91 Å². The molecule has 6 heterocycles. The number of piperidine rings is 1. The van der Waals surface area contributed by atoms with E-state index in [1.807, 2.05) is 19.4 Å². The minimum absolute atomic E-state index is 0.139. The van der Waals surface area contributed by atoms with Crippen LogP contribution in [0.1, 0.15) is 12.8 Å². The summed E-state index contributed by atoms with van der Waals surface area (Å²) in [5, 5.41) is 11.9. The minimum Gasteiger partial charge on any atom is -0.324 e. The first-order chi connectivity index (χ1) is 16.8. The first-order valence-corrected chi connectivity index (χ1v) is 11.8. The van der Waals surface area contributed by atoms with Gasteiger partial charge in [-0.05, 0) is 19.0 Å². The summed E-state index contributed by atoms with van der Waals surface area (Å²) >= 11 is 1.43. The fourth-order valence-corrected chi connectivity index (χ4v) is 5.55. The number of aromatic amines is 1. The predicted octanol–water partition coefficient (Wildman–Crippen LogP) is 2.86. The Morgan fingerprint density at radius 2 is 2.14 bits per heavy atom. The second kappa shape index (κ2) is 7.92. The van der Waals surface area contributed by atoms with Crippen LogP contribution in [0.5, 0.6) is 0 Å². The van der Waals surface area contributed by atoms with Crippen LogP contribution in [0.15, 0.2) is 35.6 Å². The number of rotatable bonds is 4. The lowest BCUT2D eigenvalue weighted by atomic mass is 10.1. The number of carbonyl (C=O) groups excluding carboxylic acids is 1. The summed E-state index contributed by atoms with van der Waals surface area (Å²) in [6, 6.07) is 1.60. The molecule has 0 atom stereocenters. The number of pyridine rings is 2. The van der Waals surface area contributed by atoms with Gasteiger partial charge in [0.1, 0.15) is 21.3 Å². The Morgan fingerprint density at radius 3 is 2.91 bits per heavy atom. The third-order valence-corrected chi connectivity index (χ3v) is 7.16. The van der Waals surface area contributed by atoms with Crippen LogP contribution in [0.25, 0.3) is 37.2 Å². The maximum Gasteiger partial charge on any atom is 0.261 e. The van der Waals surface area contributed by atoms with E-state index >= 15 is 0 Å². The van der Waals surface area contributed by atoms with Crippen molar-refractivity contribution in [3.63, 3.8) is 0 Å². The zero-order chi connectivity index (χ0) is 24.3. The zero-order valence-corrected chi connectivity index (χ0v) is 19.4. The largest absolute Gasteiger partial charge is 0.324 e. The Bertz CT molecular complexity index is 1670. The number of H-pyrrole nitrogens is 1. The number of thiazole rings is 1. The van der Waals surface area contributed by atoms with Crippen molar-refractivity contribution in [2.24, 2.45) is 7.05 Å². The average Bonchev–Trinajstić information content (AvgIpc) is 3.47. The molecule has 1 amide bonds. The fourth-order valence-electron chi connectivity index (χ4n) is 4.49. The number of fused-ring (bicyclic) bond motifs is 5. The highest BCUT2D eigenvalue weighted by Gasteiger charge is 2.35. The van der Waals surface area contributed by atoms with E-state index in [1.165, 1.54) is 22.4 Å². The fraction of sp³-hybridized carbons (Fsp3) is 0.318. The smallest absolute Gasteiger partial charge is 0.261 e. The molecule has 0 aromatic carbocycles. The van der Waals surface area contributed by atoms with Crippen LogP contribution >= 0.6 is 11.3 Å². The summed E-state index contributed by atoms with van der Waals surface area (Å²) in [5.74, 6) is -3.19. The normalized spacial score (nSPS) is 16.4. The number of amides is 1. The molecule has 0 saturated carbocycles. The van der Waals surface area contributed by atoms with E-state index in [-0.39, 0.29) is 18.5 Å². The SMILES string of the molecule is Cn1cc(-c2cn3nc4c5ncc(NC(=O)CN6CCCC(F)(F)C6)cc5[nH]c(=O)c4c3s2)cn1. The number of hydrogen-bond donors (Lipinski definition) is 2. The molecule has 2 N–H and O–H groups in total. The quantitative estimate of drug-likeness (QED) is 0.394. The molecule has 6 rings (SSSR count). The molecule has 5 aromatic heterocycles. The molecule has 10 nitrogen and oxygen atoms in total. The molecule has 35 heavy (non-hydrogen) atoms. The van der Waals surface area contributed by atoms with E-state index in [1.54, 1.807) is 21.5 Å². The number of likely N-dealkylation sites (tertiary alicyclic amines) is 1. The molecule has 0 spiro atoms. The van der Waals surface area contributed by atoms with Gasteiger partial charge >= 0.3 is 0 Å². The van der Waals surface area contributed by atoms with Crippen molar-refractivity contribution in [3.05, 3.63) is 41.2 Å². The van der Waals surface area contributed by atoms with Gasteiger partial charge < -0.3 is 10.3 Å². The summed E-state index contributed by atoms with van der Waals surface area (Å²) in [4.78, 5) is 35.7. The molecule has 180 valence electrons. The third-order valence-electron chi connectivity index (χ3n) is 6.01. The Kier molecular flexibility index (Phi) is 4.93. The van der Waals surface area contributed by atoms with Gasteiger partial charge in [0.05, 0.1) is 41.6 Å². The third kappa shape index (κ3) is 3.96. The van der Waals surface area contributed by atoms with Gasteiger partial charge in [-0.15, -0.1) is 11.3 Å². The van der Waals surface area contributed by atoms with Gasteiger partial charge in [-0.2, -0.15) is 10.2 Å². The molecule has 13 heteroatoms. The molecule has 5 aromatic rings. The molecular weight excluding hydrogens is 478 g/mol. The molecule has 0 unspecified atom stereocenters. The highest BCUT2D eigenvalue weighted by atomic mass is 32.1. The molecule has 1 saturated heterocycles. The molecule has 1 aliphatic heterocycles. The van der Waals surface area contributed by atoms with Crippen LogP contribution in [0.3, 0.4) is 0 Å². The van der Waals surface area contributed by atoms with Crippen molar-refractivity contribution in [2.45, 2.75) is 18.8 Å². The van der Waals surface area contributed by atoms with Crippen molar-refractivity contribution >= 4 is 49.7 Å². The lowest BCUT2D eigenvalue weighted by Crippen LogP contribution is -2.45. The number of aromatic nitrogens is 6. The van der Waals surface area contributed by atoms with Gasteiger partial charge in [-0.25, -0.2) is 13.3 Å². The van der Waals surface area contributed by atoms with E-state index in [4.69, 9.17) is 0 Å². The first kappa shape index (κ1) is 21.8. The monoisotopic (exact) mass is 498 g/mol. The van der Waals surface area contributed by atoms with Crippen LogP contribution in [0.4, 0.5) is 14.5 Å². The van der Waals surface area contributed by atoms with Crippen LogP contribution in [-0.2, 0) is 11.8 Å². The van der Waals surface area contributed by atoms with Gasteiger partial charge in [0.15, 0.2) is 0 Å². The maximum atomic E-state index is 13.6. The van der Waals surface area contributed by atoms with Crippen molar-refractivity contribution in [3.8, 4) is 10.4 Å². The van der Waals surface area contributed by atoms with Gasteiger partial charge in [0, 0.05) is 31.4 Å². The van der Waals surface area contributed by atoms with Crippen molar-refractivity contribution in [1.82, 2.24) is 34.3 Å². The number of carbonyl (C=O) groups is 1. The number of nitrogens with zero attached hydrogens (tertiary/aromatic N) is 6. The number of nitrogens with one attached hydrogen (secondary N) is 2. The summed E-state index contributed by atoms with van der Waals surface area (Å²) in [5.41, 5.74) is 2.35. The van der Waals surface area contributed by atoms with Gasteiger partial charge in [-0.1, -0.05) is 0 Å². The van der Waals surface area contributed by atoms with E-state index in [0.29, 0.717) is 45.4 Å². The average molecular weight is 499 g/mol. The Hall–Kier alpha value is -3.71. The van der Waals surface area contributed by atoms with Gasteiger partial charge in [-0.3, -0.25) is 24.2 Å². The van der Waals surface area contributed by atoms with Crippen LogP contribution in [0, 0.1) is 0 Å². The molecule has 0 aliphatic carbocycles. The summed E-state index contributed by atoms with van der Waals surface area (Å²) < 4.78 is 30.6. The van der Waals surface area contributed by atoms with Crippen LogP contribution < -0.4 is 10.9 Å². The minimum atomic E-state index is -2.77. The number of alkyl halides is 2. The Morgan fingerprint density at radius 1 is 1.29 bits per heavy atom. The number of aryl methyl sites for hydroxylation is 1. The summed E-state index contributed by atoms with van der Waals surface area (Å²) in [7, 11) is 1.84. The van der Waals surface area contributed by atoms with E-state index in [9.17, 15) is 18.4 Å². The molecule has 0 radical (unpaired) electrons. The molecule has 0 bridgehead atoms. The first-order valence-electron chi connectivity index (χ1n) is 11.0. The topological polar surface area (TPSA) is 113 Å². The number of hydrogen-bond acceptors (Lipinski definition) is 7. The van der Waals surface area contributed by atoms with Crippen molar-refractivity contribution in [1.29, 1.82) is 0 Å². The predicted molar refractivity (Wildman–Crippen MR) is 128 cm³/mol. The second-order valence-corrected chi connectivity index (χ2v) is 9.79. The summed E-state index contributed by atoms with van der Waals surface area (Å²) in [6.45, 7) is -0.119. The Labute approximate surface area is 200 Å². The number of anilines is 1. The van der Waals surface area contributed by atoms with Crippen molar-refractivity contribution in [2.75, 3.05) is 25.0 Å². The second-order valence-electron chi connectivity index (χ2n) is 8.76. The van der Waals surface area contributed by atoms with E-state index < -0.39 is 18.4 Å². The van der Waals surface area contributed by atoms with E-state index in [2.05, 4.69) is 25.5 Å². The standard InChI is InChI=1S/C22H20F2N8O2S/c1-30-8-12(6-26-30)15-9-32-21(35-15)17-19(29-32)18-14(28-20(17)34)5-13(7-25-18)27-16(33)10-31-4-2-3-22(23,24)11-31/h5-9H,2-4,10-11H2,1H3,(H,27,33)(H,28,34). The summed E-state index contributed by atoms with van der Waals surface area (Å²) in [6.07, 6.45) is 7.15. The van der Waals surface area contributed by atoms with Crippen LogP contribution in [-0.4, -0.2) is 65.7 Å². The van der Waals surface area contributed by atoms with Gasteiger partial charge in [0.25, 0.3) is 11.5 Å². The molecule has 1 aliphatic rings. The maximum absolute atomic E-state index is 13.6. The van der Waals surface area contributed by atoms with E-state index in [0.717, 1.165) is 10.4 Å². The zero-order valence-electron chi connectivity index (χ0n) is 18.6. The molecular formula is C22H20F2N8O2S. The lowest BCUT2D eigenvalue weighted by Gasteiger charge is -2.31.